The first-order chi connectivity index (χ1) is 18.8. The number of guanidine groups is 1. The van der Waals surface area contributed by atoms with Crippen LogP contribution in [-0.4, -0.2) is 46.8 Å². The fourth-order valence-electron chi connectivity index (χ4n) is 4.69. The lowest BCUT2D eigenvalue weighted by atomic mass is 10.0. The summed E-state index contributed by atoms with van der Waals surface area (Å²) in [5.74, 6) is -1.07. The second-order valence-corrected chi connectivity index (χ2v) is 10.2. The summed E-state index contributed by atoms with van der Waals surface area (Å²) in [7, 11) is 0. The molecule has 0 bridgehead atoms. The molecular weight excluding hydrogens is 577 g/mol. The number of rotatable bonds is 7. The molecule has 5 rings (SSSR count). The van der Waals surface area contributed by atoms with Gasteiger partial charge in [0.2, 0.25) is 0 Å². The number of hydrogen-bond acceptors (Lipinski definition) is 6. The number of fused-ring (bicyclic) bond motifs is 1. The van der Waals surface area contributed by atoms with Crippen molar-refractivity contribution in [2.75, 3.05) is 23.7 Å². The average Bonchev–Trinajstić information content (AvgIpc) is 3.23. The highest BCUT2D eigenvalue weighted by atomic mass is 35.5. The quantitative estimate of drug-likeness (QED) is 0.279. The molecule has 9 nitrogen and oxygen atoms in total. The topological polar surface area (TPSA) is 123 Å². The third-order valence-electron chi connectivity index (χ3n) is 6.50. The van der Waals surface area contributed by atoms with Crippen LogP contribution in [0.5, 0.6) is 0 Å². The Morgan fingerprint density at radius 2 is 1.82 bits per heavy atom. The van der Waals surface area contributed by atoms with Crippen molar-refractivity contribution in [3.63, 3.8) is 0 Å². The predicted molar refractivity (Wildman–Crippen MR) is 158 cm³/mol. The second-order valence-electron chi connectivity index (χ2n) is 9.29. The van der Waals surface area contributed by atoms with Gasteiger partial charge in [-0.1, -0.05) is 35.3 Å². The Bertz CT molecular complexity index is 1480. The van der Waals surface area contributed by atoms with Gasteiger partial charge in [0.05, 0.1) is 12.5 Å². The zero-order valence-corrected chi connectivity index (χ0v) is 23.4. The molecule has 40 heavy (non-hydrogen) atoms. The van der Waals surface area contributed by atoms with Crippen LogP contribution in [0, 0.1) is 0 Å². The summed E-state index contributed by atoms with van der Waals surface area (Å²) in [6, 6.07) is 16.1. The van der Waals surface area contributed by atoms with Crippen molar-refractivity contribution in [3.8, 4) is 0 Å². The van der Waals surface area contributed by atoms with Gasteiger partial charge in [-0.15, -0.1) is 12.4 Å². The summed E-state index contributed by atoms with van der Waals surface area (Å²) in [6.45, 7) is 1.80. The van der Waals surface area contributed by atoms with Gasteiger partial charge in [0.15, 0.2) is 5.96 Å². The molecule has 2 amide bonds. The van der Waals surface area contributed by atoms with Crippen LogP contribution in [0.1, 0.15) is 50.7 Å². The molecule has 12 heteroatoms. The van der Waals surface area contributed by atoms with Crippen LogP contribution in [0.4, 0.5) is 11.4 Å². The number of benzene rings is 3. The summed E-state index contributed by atoms with van der Waals surface area (Å²) in [5.41, 5.74) is 3.27. The van der Waals surface area contributed by atoms with Crippen molar-refractivity contribution >= 4 is 70.7 Å². The van der Waals surface area contributed by atoms with Crippen molar-refractivity contribution < 1.29 is 19.5 Å². The van der Waals surface area contributed by atoms with E-state index in [0.717, 1.165) is 30.8 Å². The van der Waals surface area contributed by atoms with Gasteiger partial charge in [0, 0.05) is 52.2 Å². The smallest absolute Gasteiger partial charge is 0.305 e. The number of aliphatic imine (C=N–C) groups is 1. The fraction of sp³-hybridized carbons (Fsp3) is 0.214. The number of aliphatic carboxylic acids is 1. The first-order valence-corrected chi connectivity index (χ1v) is 13.1. The lowest BCUT2D eigenvalue weighted by Crippen LogP contribution is -2.35. The molecule has 0 spiro atoms. The molecule has 0 saturated carbocycles. The van der Waals surface area contributed by atoms with E-state index in [4.69, 9.17) is 23.2 Å². The zero-order valence-electron chi connectivity index (χ0n) is 21.1. The van der Waals surface area contributed by atoms with Crippen LogP contribution in [0.25, 0.3) is 0 Å². The van der Waals surface area contributed by atoms with Crippen LogP contribution in [0.2, 0.25) is 10.0 Å². The standard InChI is InChI=1S/C28H25Cl2N5O4.ClH/c29-19-9-18(10-20(30)12-19)24(14-25(36)37)35-15-17-5-6-22(13-23(17)27(35)39)33-26(38)16-3-1-4-21(11-16)34-28-31-7-2-8-32-28;/h1,3-6,9-13,24H,2,7-8,14-15H2,(H,33,38)(H,36,37)(H2,31,32,34);1H. The van der Waals surface area contributed by atoms with Crippen molar-refractivity contribution in [3.05, 3.63) is 93.0 Å². The van der Waals surface area contributed by atoms with Crippen LogP contribution in [-0.2, 0) is 11.3 Å². The number of nitrogens with zero attached hydrogens (tertiary/aromatic N) is 2. The highest BCUT2D eigenvalue weighted by Crippen LogP contribution is 2.36. The van der Waals surface area contributed by atoms with Crippen LogP contribution < -0.4 is 16.0 Å². The van der Waals surface area contributed by atoms with Crippen molar-refractivity contribution in [2.24, 2.45) is 4.99 Å². The second kappa shape index (κ2) is 12.6. The monoisotopic (exact) mass is 601 g/mol. The van der Waals surface area contributed by atoms with E-state index in [0.29, 0.717) is 38.4 Å². The number of halogens is 3. The fourth-order valence-corrected chi connectivity index (χ4v) is 5.23. The first-order valence-electron chi connectivity index (χ1n) is 12.4. The molecule has 1 unspecified atom stereocenters. The Morgan fingerprint density at radius 1 is 1.05 bits per heavy atom. The van der Waals surface area contributed by atoms with Crippen molar-refractivity contribution in [1.82, 2.24) is 10.2 Å². The van der Waals surface area contributed by atoms with E-state index in [1.54, 1.807) is 54.6 Å². The summed E-state index contributed by atoms with van der Waals surface area (Å²) < 4.78 is 0. The minimum atomic E-state index is -1.06. The molecule has 2 heterocycles. The van der Waals surface area contributed by atoms with E-state index in [2.05, 4.69) is 20.9 Å². The molecule has 4 N–H and O–H groups in total. The van der Waals surface area contributed by atoms with Gasteiger partial charge in [-0.25, -0.2) is 0 Å². The van der Waals surface area contributed by atoms with E-state index < -0.39 is 12.0 Å². The Kier molecular flexibility index (Phi) is 9.19. The maximum absolute atomic E-state index is 13.4. The Hall–Kier alpha value is -3.79. The molecule has 2 aliphatic rings. The number of carbonyl (C=O) groups is 3. The highest BCUT2D eigenvalue weighted by Gasteiger charge is 2.35. The Labute approximate surface area is 247 Å². The molecule has 0 fully saturated rings. The number of carbonyl (C=O) groups excluding carboxylic acids is 2. The number of carboxylic acid groups (broad SMARTS) is 1. The van der Waals surface area contributed by atoms with Gasteiger partial charge in [-0.2, -0.15) is 0 Å². The van der Waals surface area contributed by atoms with E-state index in [9.17, 15) is 19.5 Å². The molecule has 3 aromatic carbocycles. The van der Waals surface area contributed by atoms with Crippen LogP contribution >= 0.6 is 35.6 Å². The molecule has 0 radical (unpaired) electrons. The molecule has 1 atom stereocenters. The van der Waals surface area contributed by atoms with E-state index in [1.165, 1.54) is 4.90 Å². The van der Waals surface area contributed by atoms with E-state index in [-0.39, 0.29) is 37.2 Å². The largest absolute Gasteiger partial charge is 0.481 e. The summed E-state index contributed by atoms with van der Waals surface area (Å²) in [5, 5.41) is 19.5. The van der Waals surface area contributed by atoms with Crippen molar-refractivity contribution in [2.45, 2.75) is 25.4 Å². The number of amides is 2. The normalized spacial score (nSPS) is 14.8. The summed E-state index contributed by atoms with van der Waals surface area (Å²) in [6.07, 6.45) is 0.663. The maximum atomic E-state index is 13.4. The van der Waals surface area contributed by atoms with Crippen molar-refractivity contribution in [1.29, 1.82) is 0 Å². The third-order valence-corrected chi connectivity index (χ3v) is 6.93. The lowest BCUT2D eigenvalue weighted by molar-refractivity contribution is -0.138. The average molecular weight is 603 g/mol. The lowest BCUT2D eigenvalue weighted by Gasteiger charge is -2.27. The molecular formula is C28H26Cl3N5O4. The number of nitrogens with one attached hydrogen (secondary N) is 3. The van der Waals surface area contributed by atoms with Gasteiger partial charge >= 0.3 is 5.97 Å². The van der Waals surface area contributed by atoms with Gasteiger partial charge in [-0.05, 0) is 66.1 Å². The Balaban J connectivity index is 0.00000370. The van der Waals surface area contributed by atoms with Gasteiger partial charge in [0.1, 0.15) is 0 Å². The zero-order chi connectivity index (χ0) is 27.5. The first kappa shape index (κ1) is 29.2. The van der Waals surface area contributed by atoms with E-state index in [1.807, 2.05) is 6.07 Å². The number of anilines is 2. The number of hydrogen-bond donors (Lipinski definition) is 4. The SMILES string of the molecule is Cl.O=C(O)CC(c1cc(Cl)cc(Cl)c1)N1Cc2ccc(NC(=O)c3cccc(NC4=NCCCN4)c3)cc2C1=O. The molecule has 0 aromatic heterocycles. The minimum Gasteiger partial charge on any atom is -0.481 e. The van der Waals surface area contributed by atoms with Crippen LogP contribution in [0.15, 0.2) is 65.7 Å². The minimum absolute atomic E-state index is 0. The third kappa shape index (κ3) is 6.67. The van der Waals surface area contributed by atoms with Gasteiger partial charge < -0.3 is 26.0 Å². The van der Waals surface area contributed by atoms with E-state index >= 15 is 0 Å². The molecule has 208 valence electrons. The predicted octanol–water partition coefficient (Wildman–Crippen LogP) is 5.60. The molecule has 2 aliphatic heterocycles. The summed E-state index contributed by atoms with van der Waals surface area (Å²) in [4.78, 5) is 44.0. The van der Waals surface area contributed by atoms with Gasteiger partial charge in [0.25, 0.3) is 11.8 Å². The van der Waals surface area contributed by atoms with Crippen LogP contribution in [0.3, 0.4) is 0 Å². The summed E-state index contributed by atoms with van der Waals surface area (Å²) >= 11 is 12.3. The molecule has 0 aliphatic carbocycles. The molecule has 0 saturated heterocycles. The maximum Gasteiger partial charge on any atom is 0.305 e. The number of carboxylic acids is 1. The van der Waals surface area contributed by atoms with Gasteiger partial charge in [-0.3, -0.25) is 19.4 Å². The Morgan fingerprint density at radius 3 is 2.52 bits per heavy atom. The highest BCUT2D eigenvalue weighted by molar-refractivity contribution is 6.34. The molecule has 3 aromatic rings.